The van der Waals surface area contributed by atoms with E-state index in [0.29, 0.717) is 39.4 Å². The van der Waals surface area contributed by atoms with E-state index in [2.05, 4.69) is 4.90 Å². The zero-order valence-electron chi connectivity index (χ0n) is 14.9. The maximum Gasteiger partial charge on any atom is 0.243 e. The molecule has 0 amide bonds. The number of benzene rings is 1. The van der Waals surface area contributed by atoms with E-state index in [0.717, 1.165) is 6.54 Å². The van der Waals surface area contributed by atoms with Crippen molar-refractivity contribution >= 4 is 20.0 Å². The third kappa shape index (κ3) is 3.95. The van der Waals surface area contributed by atoms with Crippen LogP contribution in [0.15, 0.2) is 34.1 Å². The summed E-state index contributed by atoms with van der Waals surface area (Å²) in [6.07, 6.45) is 0. The lowest BCUT2D eigenvalue weighted by molar-refractivity contribution is 0.0730. The molecule has 3 rings (SSSR count). The number of hydrogen-bond acceptors (Lipinski definition) is 6. The molecule has 26 heavy (non-hydrogen) atoms. The minimum Gasteiger partial charge on any atom is -0.379 e. The average molecular weight is 404 g/mol. The molecule has 10 heteroatoms. The highest BCUT2D eigenvalue weighted by molar-refractivity contribution is 7.90. The summed E-state index contributed by atoms with van der Waals surface area (Å²) in [6.45, 7) is 6.37. The molecule has 2 aliphatic rings. The van der Waals surface area contributed by atoms with Gasteiger partial charge in [-0.1, -0.05) is 13.0 Å². The molecule has 0 radical (unpaired) electrons. The number of ether oxygens (including phenoxy) is 1. The average Bonchev–Trinajstić information content (AvgIpc) is 2.69. The van der Waals surface area contributed by atoms with Gasteiger partial charge in [0.25, 0.3) is 0 Å². The molecule has 1 aromatic rings. The monoisotopic (exact) mass is 403 g/mol. The summed E-state index contributed by atoms with van der Waals surface area (Å²) in [5, 5.41) is 0. The van der Waals surface area contributed by atoms with Crippen LogP contribution in [0.2, 0.25) is 0 Å². The van der Waals surface area contributed by atoms with Crippen LogP contribution in [0.3, 0.4) is 0 Å². The number of morpholine rings is 1. The lowest BCUT2D eigenvalue weighted by Crippen LogP contribution is -2.48. The Morgan fingerprint density at radius 1 is 0.846 bits per heavy atom. The van der Waals surface area contributed by atoms with Crippen molar-refractivity contribution < 1.29 is 21.6 Å². The van der Waals surface area contributed by atoms with Gasteiger partial charge in [0.15, 0.2) is 0 Å². The molecule has 2 heterocycles. The van der Waals surface area contributed by atoms with Crippen LogP contribution in [-0.2, 0) is 24.8 Å². The number of nitrogens with zero attached hydrogens (tertiary/aromatic N) is 3. The van der Waals surface area contributed by atoms with Crippen LogP contribution in [0.25, 0.3) is 0 Å². The van der Waals surface area contributed by atoms with Crippen LogP contribution in [0.4, 0.5) is 0 Å². The topological polar surface area (TPSA) is 87.2 Å². The first-order valence-electron chi connectivity index (χ1n) is 8.76. The molecule has 0 bridgehead atoms. The summed E-state index contributed by atoms with van der Waals surface area (Å²) >= 11 is 0. The third-order valence-electron chi connectivity index (χ3n) is 4.83. The van der Waals surface area contributed by atoms with Gasteiger partial charge in [-0.3, -0.25) is 0 Å². The van der Waals surface area contributed by atoms with Gasteiger partial charge in [0.05, 0.1) is 23.0 Å². The van der Waals surface area contributed by atoms with Crippen LogP contribution < -0.4 is 0 Å². The molecule has 0 N–H and O–H groups in total. The number of sulfonamides is 2. The molecule has 0 unspecified atom stereocenters. The number of piperazine rings is 1. The van der Waals surface area contributed by atoms with Gasteiger partial charge in [-0.05, 0) is 24.7 Å². The maximum atomic E-state index is 12.9. The number of likely N-dealkylation sites (N-methyl/N-ethyl adjacent to an activating group) is 1. The molecule has 1 aromatic carbocycles. The highest BCUT2D eigenvalue weighted by atomic mass is 32.2. The fourth-order valence-electron chi connectivity index (χ4n) is 3.17. The Bertz CT molecular complexity index is 827. The molecular weight excluding hydrogens is 378 g/mol. The fourth-order valence-corrected chi connectivity index (χ4v) is 6.16. The largest absolute Gasteiger partial charge is 0.379 e. The van der Waals surface area contributed by atoms with E-state index in [-0.39, 0.29) is 22.9 Å². The summed E-state index contributed by atoms with van der Waals surface area (Å²) in [5.41, 5.74) is 0. The normalized spacial score (nSPS) is 21.7. The Kier molecular flexibility index (Phi) is 6.00. The second-order valence-electron chi connectivity index (χ2n) is 6.33. The van der Waals surface area contributed by atoms with Crippen molar-refractivity contribution in [1.82, 2.24) is 13.5 Å². The van der Waals surface area contributed by atoms with Gasteiger partial charge in [0.2, 0.25) is 20.0 Å². The van der Waals surface area contributed by atoms with E-state index in [1.165, 1.54) is 32.9 Å². The summed E-state index contributed by atoms with van der Waals surface area (Å²) in [4.78, 5) is 2.22. The fraction of sp³-hybridized carbons (Fsp3) is 0.625. The number of hydrogen-bond donors (Lipinski definition) is 0. The van der Waals surface area contributed by atoms with Crippen molar-refractivity contribution in [3.8, 4) is 0 Å². The van der Waals surface area contributed by atoms with Crippen LogP contribution >= 0.6 is 0 Å². The minimum absolute atomic E-state index is 0.00710. The summed E-state index contributed by atoms with van der Waals surface area (Å²) in [7, 11) is -7.43. The van der Waals surface area contributed by atoms with E-state index in [4.69, 9.17) is 4.74 Å². The Labute approximate surface area is 155 Å². The zero-order chi connectivity index (χ0) is 18.8. The Morgan fingerprint density at radius 2 is 1.35 bits per heavy atom. The van der Waals surface area contributed by atoms with E-state index in [1.54, 1.807) is 0 Å². The summed E-state index contributed by atoms with van der Waals surface area (Å²) < 4.78 is 59.4. The molecule has 0 aromatic heterocycles. The SMILES string of the molecule is CCN1CCN(S(=O)(=O)c2cccc(S(=O)(=O)N3CCOCC3)c2)CC1. The number of rotatable bonds is 5. The molecule has 0 spiro atoms. The first kappa shape index (κ1) is 19.7. The highest BCUT2D eigenvalue weighted by Crippen LogP contribution is 2.23. The molecule has 0 saturated carbocycles. The van der Waals surface area contributed by atoms with E-state index in [1.807, 2.05) is 6.92 Å². The predicted molar refractivity (Wildman–Crippen MR) is 96.9 cm³/mol. The van der Waals surface area contributed by atoms with Crippen LogP contribution in [0, 0.1) is 0 Å². The van der Waals surface area contributed by atoms with Crippen LogP contribution in [0.1, 0.15) is 6.92 Å². The molecule has 8 nitrogen and oxygen atoms in total. The molecule has 2 fully saturated rings. The van der Waals surface area contributed by atoms with Gasteiger partial charge in [-0.25, -0.2) is 16.8 Å². The van der Waals surface area contributed by atoms with Crippen molar-refractivity contribution in [3.63, 3.8) is 0 Å². The van der Waals surface area contributed by atoms with Crippen LogP contribution in [0.5, 0.6) is 0 Å². The van der Waals surface area contributed by atoms with Gasteiger partial charge in [0.1, 0.15) is 0 Å². The zero-order valence-corrected chi connectivity index (χ0v) is 16.5. The standard InChI is InChI=1S/C16H25N3O5S2/c1-2-17-6-8-18(9-7-17)25(20,21)15-4-3-5-16(14-15)26(22,23)19-10-12-24-13-11-19/h3-5,14H,2,6-13H2,1H3. The van der Waals surface area contributed by atoms with E-state index < -0.39 is 20.0 Å². The first-order valence-corrected chi connectivity index (χ1v) is 11.6. The van der Waals surface area contributed by atoms with Crippen molar-refractivity contribution in [2.75, 3.05) is 59.0 Å². The van der Waals surface area contributed by atoms with Crippen molar-refractivity contribution in [3.05, 3.63) is 24.3 Å². The van der Waals surface area contributed by atoms with E-state index >= 15 is 0 Å². The van der Waals surface area contributed by atoms with Crippen molar-refractivity contribution in [2.24, 2.45) is 0 Å². The Hall–Kier alpha value is -1.04. The van der Waals surface area contributed by atoms with Crippen molar-refractivity contribution in [1.29, 1.82) is 0 Å². The smallest absolute Gasteiger partial charge is 0.243 e. The van der Waals surface area contributed by atoms with Gasteiger partial charge in [-0.2, -0.15) is 8.61 Å². The molecule has 0 atom stereocenters. The molecule has 146 valence electrons. The van der Waals surface area contributed by atoms with Gasteiger partial charge >= 0.3 is 0 Å². The second kappa shape index (κ2) is 7.91. The molecule has 2 saturated heterocycles. The van der Waals surface area contributed by atoms with E-state index in [9.17, 15) is 16.8 Å². The van der Waals surface area contributed by atoms with Crippen molar-refractivity contribution in [2.45, 2.75) is 16.7 Å². The maximum absolute atomic E-state index is 12.9. The van der Waals surface area contributed by atoms with Gasteiger partial charge in [0, 0.05) is 39.3 Å². The van der Waals surface area contributed by atoms with Gasteiger partial charge in [-0.15, -0.1) is 0 Å². The molecule has 2 aliphatic heterocycles. The lowest BCUT2D eigenvalue weighted by Gasteiger charge is -2.33. The Morgan fingerprint density at radius 3 is 1.85 bits per heavy atom. The molecular formula is C16H25N3O5S2. The second-order valence-corrected chi connectivity index (χ2v) is 10.2. The van der Waals surface area contributed by atoms with Crippen LogP contribution in [-0.4, -0.2) is 89.4 Å². The third-order valence-corrected chi connectivity index (χ3v) is 8.62. The summed E-state index contributed by atoms with van der Waals surface area (Å²) in [6, 6.07) is 5.66. The first-order chi connectivity index (χ1) is 12.4. The summed E-state index contributed by atoms with van der Waals surface area (Å²) in [5.74, 6) is 0. The van der Waals surface area contributed by atoms with Gasteiger partial charge < -0.3 is 9.64 Å². The quantitative estimate of drug-likeness (QED) is 0.690. The lowest BCUT2D eigenvalue weighted by atomic mass is 10.4. The predicted octanol–water partition coefficient (Wildman–Crippen LogP) is 0.0337. The Balaban J connectivity index is 1.84. The highest BCUT2D eigenvalue weighted by Gasteiger charge is 2.31. The minimum atomic E-state index is -3.73. The molecule has 0 aliphatic carbocycles.